The van der Waals surface area contributed by atoms with Gasteiger partial charge in [-0.3, -0.25) is 4.79 Å². The highest BCUT2D eigenvalue weighted by molar-refractivity contribution is 5.80. The van der Waals surface area contributed by atoms with E-state index in [1.54, 1.807) is 0 Å². The maximum Gasteiger partial charge on any atom is 0.225 e. The summed E-state index contributed by atoms with van der Waals surface area (Å²) in [6, 6.07) is 10.2. The number of rotatable bonds is 5. The van der Waals surface area contributed by atoms with Gasteiger partial charge in [0.25, 0.3) is 0 Å². The highest BCUT2D eigenvalue weighted by Crippen LogP contribution is 2.09. The first kappa shape index (κ1) is 11.9. The minimum Gasteiger partial charge on any atom is -0.373 e. The largest absolute Gasteiger partial charge is 0.373 e. The molecule has 0 unspecified atom stereocenters. The van der Waals surface area contributed by atoms with Gasteiger partial charge in [0.2, 0.25) is 5.91 Å². The molecule has 2 rings (SSSR count). The topological polar surface area (TPSA) is 44.4 Å². The number of nitrogens with zero attached hydrogens (tertiary/aromatic N) is 1. The molecule has 1 aromatic rings. The average molecular weight is 233 g/mol. The predicted molar refractivity (Wildman–Crippen MR) is 69.1 cm³/mol. The van der Waals surface area contributed by atoms with Crippen LogP contribution in [-0.4, -0.2) is 39.1 Å². The van der Waals surface area contributed by atoms with Gasteiger partial charge < -0.3 is 15.5 Å². The molecule has 1 amide bonds. The lowest BCUT2D eigenvalue weighted by atomic mass is 10.0. The molecule has 1 fully saturated rings. The molecule has 1 saturated heterocycles. The Hall–Kier alpha value is -1.55. The van der Waals surface area contributed by atoms with Gasteiger partial charge in [-0.15, -0.1) is 0 Å². The normalized spacial score (nSPS) is 15.1. The summed E-state index contributed by atoms with van der Waals surface area (Å²) in [5, 5.41) is 6.06. The van der Waals surface area contributed by atoms with Gasteiger partial charge in [-0.05, 0) is 12.1 Å². The van der Waals surface area contributed by atoms with Gasteiger partial charge in [0.1, 0.15) is 0 Å². The van der Waals surface area contributed by atoms with Gasteiger partial charge in [0.15, 0.2) is 0 Å². The predicted octanol–water partition coefficient (Wildman–Crippen LogP) is 0.458. The molecule has 0 spiro atoms. The number of amides is 1. The molecule has 1 aliphatic rings. The van der Waals surface area contributed by atoms with Gasteiger partial charge in [-0.1, -0.05) is 18.2 Å². The van der Waals surface area contributed by atoms with E-state index in [2.05, 4.69) is 27.7 Å². The first-order chi connectivity index (χ1) is 8.27. The quantitative estimate of drug-likeness (QED) is 0.776. The zero-order valence-electron chi connectivity index (χ0n) is 10.1. The fourth-order valence-electron chi connectivity index (χ4n) is 1.78. The second-order valence-corrected chi connectivity index (χ2v) is 4.40. The first-order valence-electron chi connectivity index (χ1n) is 6.02. The Bertz CT molecular complexity index is 362. The van der Waals surface area contributed by atoms with Crippen LogP contribution in [0.4, 0.5) is 5.69 Å². The zero-order valence-corrected chi connectivity index (χ0v) is 10.1. The number of hydrogen-bond acceptors (Lipinski definition) is 3. The highest BCUT2D eigenvalue weighted by atomic mass is 16.2. The summed E-state index contributed by atoms with van der Waals surface area (Å²) in [5.74, 6) is 0.349. The molecular formula is C13H19N3O. The van der Waals surface area contributed by atoms with Crippen LogP contribution in [0, 0.1) is 5.92 Å². The number of hydrogen-bond donors (Lipinski definition) is 2. The van der Waals surface area contributed by atoms with Crippen molar-refractivity contribution >= 4 is 11.6 Å². The Kier molecular flexibility index (Phi) is 3.98. The second-order valence-electron chi connectivity index (χ2n) is 4.40. The zero-order chi connectivity index (χ0) is 12.1. The molecule has 4 nitrogen and oxygen atoms in total. The third-order valence-electron chi connectivity index (χ3n) is 3.10. The summed E-state index contributed by atoms with van der Waals surface area (Å²) < 4.78 is 0. The lowest BCUT2D eigenvalue weighted by Gasteiger charge is -2.26. The van der Waals surface area contributed by atoms with E-state index in [-0.39, 0.29) is 11.8 Å². The molecule has 1 heterocycles. The van der Waals surface area contributed by atoms with E-state index in [1.165, 1.54) is 5.69 Å². The van der Waals surface area contributed by atoms with Crippen LogP contribution in [0.1, 0.15) is 0 Å². The molecule has 0 aliphatic carbocycles. The molecule has 0 radical (unpaired) electrons. The fourth-order valence-corrected chi connectivity index (χ4v) is 1.78. The monoisotopic (exact) mass is 233 g/mol. The van der Waals surface area contributed by atoms with Crippen LogP contribution in [0.2, 0.25) is 0 Å². The summed E-state index contributed by atoms with van der Waals surface area (Å²) in [5.41, 5.74) is 1.17. The number of carbonyl (C=O) groups excluding carboxylic acids is 1. The number of para-hydroxylation sites is 1. The van der Waals surface area contributed by atoms with E-state index >= 15 is 0 Å². The van der Waals surface area contributed by atoms with Gasteiger partial charge in [0.05, 0.1) is 5.92 Å². The van der Waals surface area contributed by atoms with Crippen molar-refractivity contribution in [3.05, 3.63) is 30.3 Å². The van der Waals surface area contributed by atoms with Crippen molar-refractivity contribution < 1.29 is 4.79 Å². The van der Waals surface area contributed by atoms with Crippen molar-refractivity contribution in [3.63, 3.8) is 0 Å². The van der Waals surface area contributed by atoms with Crippen LogP contribution < -0.4 is 15.5 Å². The first-order valence-corrected chi connectivity index (χ1v) is 6.02. The Labute approximate surface area is 102 Å². The van der Waals surface area contributed by atoms with Gasteiger partial charge >= 0.3 is 0 Å². The van der Waals surface area contributed by atoms with Gasteiger partial charge in [0, 0.05) is 38.9 Å². The minimum absolute atomic E-state index is 0.171. The van der Waals surface area contributed by atoms with E-state index in [0.29, 0.717) is 6.54 Å². The van der Waals surface area contributed by atoms with E-state index in [9.17, 15) is 4.79 Å². The molecule has 92 valence electrons. The van der Waals surface area contributed by atoms with Crippen LogP contribution >= 0.6 is 0 Å². The van der Waals surface area contributed by atoms with Crippen molar-refractivity contribution in [2.24, 2.45) is 5.92 Å². The molecule has 1 aliphatic heterocycles. The molecule has 1 aromatic carbocycles. The molecule has 0 bridgehead atoms. The number of likely N-dealkylation sites (N-methyl/N-ethyl adjacent to an activating group) is 1. The molecule has 17 heavy (non-hydrogen) atoms. The van der Waals surface area contributed by atoms with Crippen molar-refractivity contribution in [1.29, 1.82) is 0 Å². The van der Waals surface area contributed by atoms with Crippen LogP contribution in [0.15, 0.2) is 30.3 Å². The van der Waals surface area contributed by atoms with E-state index in [4.69, 9.17) is 0 Å². The number of nitrogens with one attached hydrogen (secondary N) is 2. The lowest BCUT2D eigenvalue weighted by molar-refractivity contribution is -0.126. The highest BCUT2D eigenvalue weighted by Gasteiger charge is 2.24. The summed E-state index contributed by atoms with van der Waals surface area (Å²) in [4.78, 5) is 13.7. The Morgan fingerprint density at radius 3 is 2.71 bits per heavy atom. The molecule has 4 heteroatoms. The van der Waals surface area contributed by atoms with Crippen LogP contribution in [-0.2, 0) is 4.79 Å². The SMILES string of the molecule is CN(CCNC(=O)C1CNC1)c1ccccc1. The number of anilines is 1. The third-order valence-corrected chi connectivity index (χ3v) is 3.10. The summed E-state index contributed by atoms with van der Waals surface area (Å²) in [6.07, 6.45) is 0. The number of benzene rings is 1. The minimum atomic E-state index is 0.171. The third kappa shape index (κ3) is 3.20. The van der Waals surface area contributed by atoms with Crippen LogP contribution in [0.5, 0.6) is 0 Å². The Morgan fingerprint density at radius 2 is 2.12 bits per heavy atom. The smallest absolute Gasteiger partial charge is 0.225 e. The van der Waals surface area contributed by atoms with Crippen molar-refractivity contribution in [2.45, 2.75) is 0 Å². The average Bonchev–Trinajstić information content (AvgIpc) is 2.27. The van der Waals surface area contributed by atoms with Crippen molar-refractivity contribution in [3.8, 4) is 0 Å². The van der Waals surface area contributed by atoms with Crippen molar-refractivity contribution in [1.82, 2.24) is 10.6 Å². The van der Waals surface area contributed by atoms with Gasteiger partial charge in [-0.2, -0.15) is 0 Å². The molecule has 0 saturated carbocycles. The summed E-state index contributed by atoms with van der Waals surface area (Å²) in [6.45, 7) is 3.16. The maximum absolute atomic E-state index is 11.6. The second kappa shape index (κ2) is 5.68. The maximum atomic E-state index is 11.6. The molecule has 0 aromatic heterocycles. The number of carbonyl (C=O) groups is 1. The van der Waals surface area contributed by atoms with Crippen LogP contribution in [0.3, 0.4) is 0 Å². The Morgan fingerprint density at radius 1 is 1.41 bits per heavy atom. The summed E-state index contributed by atoms with van der Waals surface area (Å²) in [7, 11) is 2.03. The van der Waals surface area contributed by atoms with Crippen LogP contribution in [0.25, 0.3) is 0 Å². The molecular weight excluding hydrogens is 214 g/mol. The van der Waals surface area contributed by atoms with E-state index in [0.717, 1.165) is 19.6 Å². The fraction of sp³-hybridized carbons (Fsp3) is 0.462. The van der Waals surface area contributed by atoms with Crippen molar-refractivity contribution in [2.75, 3.05) is 38.1 Å². The lowest BCUT2D eigenvalue weighted by Crippen LogP contribution is -2.51. The Balaban J connectivity index is 1.69. The van der Waals surface area contributed by atoms with Gasteiger partial charge in [-0.25, -0.2) is 0 Å². The molecule has 2 N–H and O–H groups in total. The molecule has 0 atom stereocenters. The van der Waals surface area contributed by atoms with E-state index < -0.39 is 0 Å². The summed E-state index contributed by atoms with van der Waals surface area (Å²) >= 11 is 0. The van der Waals surface area contributed by atoms with E-state index in [1.807, 2.05) is 25.2 Å². The standard InChI is InChI=1S/C13H19N3O/c1-16(12-5-3-2-4-6-12)8-7-15-13(17)11-9-14-10-11/h2-6,11,14H,7-10H2,1H3,(H,15,17).